The molecule has 1 N–H and O–H groups in total. The van der Waals surface area contributed by atoms with Crippen molar-refractivity contribution in [3.63, 3.8) is 0 Å². The first kappa shape index (κ1) is 18.6. The molecule has 3 aromatic rings. The van der Waals surface area contributed by atoms with Gasteiger partial charge in [0.1, 0.15) is 0 Å². The second-order valence-corrected chi connectivity index (χ2v) is 7.79. The molecule has 0 aliphatic carbocycles. The molecule has 1 aliphatic heterocycles. The van der Waals surface area contributed by atoms with Crippen molar-refractivity contribution >= 4 is 33.5 Å². The summed E-state index contributed by atoms with van der Waals surface area (Å²) in [6.07, 6.45) is 5.61. The first-order valence-electron chi connectivity index (χ1n) is 9.65. The maximum Gasteiger partial charge on any atom is 0.225 e. The van der Waals surface area contributed by atoms with Gasteiger partial charge in [-0.3, -0.25) is 4.99 Å². The number of rotatable bonds is 5. The lowest BCUT2D eigenvalue weighted by atomic mass is 10.3. The van der Waals surface area contributed by atoms with Crippen LogP contribution in [0.2, 0.25) is 0 Å². The smallest absolute Gasteiger partial charge is 0.225 e. The molecule has 0 unspecified atom stereocenters. The van der Waals surface area contributed by atoms with E-state index in [1.54, 1.807) is 23.7 Å². The zero-order valence-corrected chi connectivity index (χ0v) is 16.9. The molecule has 1 fully saturated rings. The lowest BCUT2D eigenvalue weighted by Crippen LogP contribution is -2.53. The van der Waals surface area contributed by atoms with Gasteiger partial charge in [0.2, 0.25) is 5.95 Å². The molecule has 2 aromatic heterocycles. The molecule has 0 bridgehead atoms. The summed E-state index contributed by atoms with van der Waals surface area (Å²) >= 11 is 1.79. The highest BCUT2D eigenvalue weighted by Crippen LogP contribution is 2.22. The molecule has 1 saturated heterocycles. The summed E-state index contributed by atoms with van der Waals surface area (Å²) in [6, 6.07) is 10.2. The number of fused-ring (bicyclic) bond motifs is 1. The Morgan fingerprint density at radius 1 is 1.11 bits per heavy atom. The number of aromatic nitrogens is 3. The maximum atomic E-state index is 4.71. The highest BCUT2D eigenvalue weighted by Gasteiger charge is 2.20. The van der Waals surface area contributed by atoms with Crippen LogP contribution in [0, 0.1) is 0 Å². The average Bonchev–Trinajstić information content (AvgIpc) is 3.17. The normalized spacial score (nSPS) is 15.2. The number of hydrogen-bond donors (Lipinski definition) is 1. The van der Waals surface area contributed by atoms with Crippen molar-refractivity contribution in [3.05, 3.63) is 47.7 Å². The first-order valence-corrected chi connectivity index (χ1v) is 10.5. The van der Waals surface area contributed by atoms with Crippen LogP contribution < -0.4 is 10.2 Å². The van der Waals surface area contributed by atoms with Gasteiger partial charge in [-0.05, 0) is 24.6 Å². The number of hydrogen-bond acceptors (Lipinski definition) is 6. The molecule has 0 saturated carbocycles. The Morgan fingerprint density at radius 3 is 2.64 bits per heavy atom. The molecule has 3 heterocycles. The van der Waals surface area contributed by atoms with Crippen LogP contribution >= 0.6 is 11.3 Å². The number of para-hydroxylation sites is 1. The highest BCUT2D eigenvalue weighted by molar-refractivity contribution is 7.18. The van der Waals surface area contributed by atoms with E-state index in [9.17, 15) is 0 Å². The van der Waals surface area contributed by atoms with Gasteiger partial charge >= 0.3 is 0 Å². The van der Waals surface area contributed by atoms with Crippen molar-refractivity contribution in [3.8, 4) is 0 Å². The predicted molar refractivity (Wildman–Crippen MR) is 115 cm³/mol. The van der Waals surface area contributed by atoms with Crippen LogP contribution in [-0.4, -0.2) is 65.6 Å². The third-order valence-electron chi connectivity index (χ3n) is 4.81. The number of piperazine rings is 1. The fourth-order valence-electron chi connectivity index (χ4n) is 3.37. The van der Waals surface area contributed by atoms with Crippen LogP contribution in [0.1, 0.15) is 11.4 Å². The Balaban J connectivity index is 1.23. The fraction of sp³-hybridized carbons (Fsp3) is 0.400. The van der Waals surface area contributed by atoms with E-state index in [2.05, 4.69) is 48.3 Å². The van der Waals surface area contributed by atoms with Gasteiger partial charge in [0.05, 0.1) is 15.2 Å². The van der Waals surface area contributed by atoms with Crippen LogP contribution in [0.5, 0.6) is 0 Å². The fourth-order valence-corrected chi connectivity index (χ4v) is 4.38. The second-order valence-electron chi connectivity index (χ2n) is 6.68. The van der Waals surface area contributed by atoms with Gasteiger partial charge in [-0.1, -0.05) is 12.1 Å². The van der Waals surface area contributed by atoms with Crippen molar-refractivity contribution in [1.29, 1.82) is 0 Å². The number of nitrogens with one attached hydrogen (secondary N) is 1. The molecule has 0 spiro atoms. The molecule has 4 rings (SSSR count). The molecular weight excluding hydrogens is 370 g/mol. The number of guanidine groups is 1. The number of aliphatic imine (C=N–C) groups is 1. The van der Waals surface area contributed by atoms with Crippen LogP contribution in [-0.2, 0) is 6.42 Å². The van der Waals surface area contributed by atoms with Crippen molar-refractivity contribution in [2.75, 3.05) is 44.7 Å². The minimum absolute atomic E-state index is 0.806. The third kappa shape index (κ3) is 4.39. The number of anilines is 1. The largest absolute Gasteiger partial charge is 0.356 e. The topological polar surface area (TPSA) is 69.5 Å². The summed E-state index contributed by atoms with van der Waals surface area (Å²) in [5.74, 6) is 1.78. The average molecular weight is 396 g/mol. The molecule has 7 nitrogen and oxygen atoms in total. The van der Waals surface area contributed by atoms with Gasteiger partial charge in [0.15, 0.2) is 5.96 Å². The summed E-state index contributed by atoms with van der Waals surface area (Å²) in [6.45, 7) is 4.52. The van der Waals surface area contributed by atoms with Crippen molar-refractivity contribution in [2.24, 2.45) is 4.99 Å². The van der Waals surface area contributed by atoms with Crippen molar-refractivity contribution in [1.82, 2.24) is 25.2 Å². The number of nitrogens with zero attached hydrogens (tertiary/aromatic N) is 6. The lowest BCUT2D eigenvalue weighted by molar-refractivity contribution is 0.370. The highest BCUT2D eigenvalue weighted by atomic mass is 32.1. The van der Waals surface area contributed by atoms with E-state index < -0.39 is 0 Å². The standard InChI is InChI=1S/C20H25N7S/c1-21-19(26-12-14-27(15-13-26)20-23-10-5-11-24-20)22-9-4-8-18-25-16-6-2-3-7-17(16)28-18/h2-3,5-7,10-11H,4,8-9,12-15H2,1H3,(H,21,22). The Bertz CT molecular complexity index is 883. The van der Waals surface area contributed by atoms with Gasteiger partial charge in [0, 0.05) is 58.6 Å². The summed E-state index contributed by atoms with van der Waals surface area (Å²) in [7, 11) is 1.85. The molecule has 1 aromatic carbocycles. The summed E-state index contributed by atoms with van der Waals surface area (Å²) < 4.78 is 1.27. The second kappa shape index (κ2) is 8.97. The zero-order valence-electron chi connectivity index (χ0n) is 16.1. The Hall–Kier alpha value is -2.74. The number of aryl methyl sites for hydroxylation is 1. The van der Waals surface area contributed by atoms with Crippen LogP contribution in [0.25, 0.3) is 10.2 Å². The van der Waals surface area contributed by atoms with Crippen molar-refractivity contribution in [2.45, 2.75) is 12.8 Å². The molecule has 1 aliphatic rings. The third-order valence-corrected chi connectivity index (χ3v) is 5.91. The van der Waals surface area contributed by atoms with E-state index in [1.165, 1.54) is 9.71 Å². The Morgan fingerprint density at radius 2 is 1.89 bits per heavy atom. The molecular formula is C20H25N7S. The first-order chi connectivity index (χ1) is 13.8. The molecule has 0 atom stereocenters. The predicted octanol–water partition coefficient (Wildman–Crippen LogP) is 2.42. The number of benzene rings is 1. The minimum Gasteiger partial charge on any atom is -0.356 e. The molecule has 0 amide bonds. The Labute approximate surface area is 169 Å². The van der Waals surface area contributed by atoms with E-state index >= 15 is 0 Å². The lowest BCUT2D eigenvalue weighted by Gasteiger charge is -2.36. The van der Waals surface area contributed by atoms with Gasteiger partial charge in [-0.2, -0.15) is 0 Å². The summed E-state index contributed by atoms with van der Waals surface area (Å²) in [5.41, 5.74) is 1.10. The SMILES string of the molecule is CN=C(NCCCc1nc2ccccc2s1)N1CCN(c2ncccn2)CC1. The molecule has 0 radical (unpaired) electrons. The zero-order chi connectivity index (χ0) is 19.2. The van der Waals surface area contributed by atoms with Gasteiger partial charge < -0.3 is 15.1 Å². The van der Waals surface area contributed by atoms with E-state index in [0.29, 0.717) is 0 Å². The summed E-state index contributed by atoms with van der Waals surface area (Å²) in [5, 5.41) is 4.70. The number of thiazole rings is 1. The molecule has 146 valence electrons. The molecule has 28 heavy (non-hydrogen) atoms. The van der Waals surface area contributed by atoms with E-state index in [4.69, 9.17) is 4.98 Å². The van der Waals surface area contributed by atoms with Crippen LogP contribution in [0.4, 0.5) is 5.95 Å². The van der Waals surface area contributed by atoms with Crippen LogP contribution in [0.3, 0.4) is 0 Å². The Kier molecular flexibility index (Phi) is 5.96. The van der Waals surface area contributed by atoms with Gasteiger partial charge in [-0.25, -0.2) is 15.0 Å². The van der Waals surface area contributed by atoms with Gasteiger partial charge in [-0.15, -0.1) is 11.3 Å². The summed E-state index contributed by atoms with van der Waals surface area (Å²) in [4.78, 5) is 22.4. The van der Waals surface area contributed by atoms with Crippen LogP contribution in [0.15, 0.2) is 47.7 Å². The quantitative estimate of drug-likeness (QED) is 0.406. The van der Waals surface area contributed by atoms with E-state index in [1.807, 2.05) is 19.2 Å². The van der Waals surface area contributed by atoms with Crippen molar-refractivity contribution < 1.29 is 0 Å². The van der Waals surface area contributed by atoms with E-state index in [-0.39, 0.29) is 0 Å². The van der Waals surface area contributed by atoms with Gasteiger partial charge in [0.25, 0.3) is 0 Å². The molecule has 8 heteroatoms. The minimum atomic E-state index is 0.806. The monoisotopic (exact) mass is 395 g/mol. The maximum absolute atomic E-state index is 4.71. The van der Waals surface area contributed by atoms with E-state index in [0.717, 1.165) is 63.0 Å².